The lowest BCUT2D eigenvalue weighted by molar-refractivity contribution is -0.170. The summed E-state index contributed by atoms with van der Waals surface area (Å²) in [6, 6.07) is 0. The summed E-state index contributed by atoms with van der Waals surface area (Å²) in [4.78, 5) is 0. The SMILES string of the molecule is N=C(N)C(COCC1CCCO1)C(F)(F)F. The van der Waals surface area contributed by atoms with Crippen LogP contribution in [-0.4, -0.2) is 37.9 Å². The second-order valence-electron chi connectivity index (χ2n) is 3.72. The first-order valence-electron chi connectivity index (χ1n) is 5.01. The van der Waals surface area contributed by atoms with E-state index in [1.807, 2.05) is 0 Å². The third-order valence-electron chi connectivity index (χ3n) is 2.38. The van der Waals surface area contributed by atoms with Crippen molar-refractivity contribution in [2.75, 3.05) is 19.8 Å². The number of rotatable bonds is 5. The van der Waals surface area contributed by atoms with E-state index in [4.69, 9.17) is 20.6 Å². The molecule has 0 aromatic carbocycles. The van der Waals surface area contributed by atoms with Gasteiger partial charge in [0, 0.05) is 6.61 Å². The number of halogens is 3. The fourth-order valence-electron chi connectivity index (χ4n) is 1.45. The second kappa shape index (κ2) is 5.49. The molecule has 4 nitrogen and oxygen atoms in total. The molecule has 3 N–H and O–H groups in total. The van der Waals surface area contributed by atoms with E-state index >= 15 is 0 Å². The van der Waals surface area contributed by atoms with Crippen molar-refractivity contribution in [2.24, 2.45) is 11.7 Å². The van der Waals surface area contributed by atoms with E-state index in [1.165, 1.54) is 0 Å². The molecule has 0 saturated carbocycles. The molecule has 0 aliphatic carbocycles. The van der Waals surface area contributed by atoms with E-state index in [9.17, 15) is 13.2 Å². The van der Waals surface area contributed by atoms with Gasteiger partial charge in [0.1, 0.15) is 11.8 Å². The molecule has 0 bridgehead atoms. The number of amidine groups is 1. The average molecular weight is 240 g/mol. The summed E-state index contributed by atoms with van der Waals surface area (Å²) in [5, 5.41) is 6.84. The standard InChI is InChI=1S/C9H15F3N2O2/c10-9(11,12)7(8(13)14)5-15-4-6-2-1-3-16-6/h6-7H,1-5H2,(H3,13,14). The predicted octanol–water partition coefficient (Wildman–Crippen LogP) is 1.30. The topological polar surface area (TPSA) is 68.3 Å². The van der Waals surface area contributed by atoms with Crippen LogP contribution < -0.4 is 5.73 Å². The lowest BCUT2D eigenvalue weighted by Gasteiger charge is -2.19. The summed E-state index contributed by atoms with van der Waals surface area (Å²) >= 11 is 0. The Balaban J connectivity index is 2.30. The van der Waals surface area contributed by atoms with Crippen molar-refractivity contribution in [3.8, 4) is 0 Å². The number of nitrogens with one attached hydrogen (secondary N) is 1. The van der Waals surface area contributed by atoms with Gasteiger partial charge in [0.05, 0.1) is 19.3 Å². The average Bonchev–Trinajstić information content (AvgIpc) is 2.61. The van der Waals surface area contributed by atoms with Crippen molar-refractivity contribution in [1.82, 2.24) is 0 Å². The van der Waals surface area contributed by atoms with Crippen molar-refractivity contribution in [3.05, 3.63) is 0 Å². The number of hydrogen-bond donors (Lipinski definition) is 2. The van der Waals surface area contributed by atoms with E-state index < -0.39 is 24.5 Å². The molecule has 1 heterocycles. The molecule has 0 spiro atoms. The van der Waals surface area contributed by atoms with Gasteiger partial charge in [-0.3, -0.25) is 5.41 Å². The van der Waals surface area contributed by atoms with E-state index in [-0.39, 0.29) is 12.7 Å². The molecule has 0 aromatic heterocycles. The van der Waals surface area contributed by atoms with E-state index in [0.29, 0.717) is 6.61 Å². The van der Waals surface area contributed by atoms with Crippen molar-refractivity contribution in [3.63, 3.8) is 0 Å². The quantitative estimate of drug-likeness (QED) is 0.562. The van der Waals surface area contributed by atoms with Gasteiger partial charge in [-0.15, -0.1) is 0 Å². The monoisotopic (exact) mass is 240 g/mol. The van der Waals surface area contributed by atoms with Crippen molar-refractivity contribution >= 4 is 5.84 Å². The minimum Gasteiger partial charge on any atom is -0.387 e. The Kier molecular flexibility index (Phi) is 4.55. The molecular formula is C9H15F3N2O2. The summed E-state index contributed by atoms with van der Waals surface area (Å²) < 4.78 is 47.1. The summed E-state index contributed by atoms with van der Waals surface area (Å²) in [6.45, 7) is 0.141. The van der Waals surface area contributed by atoms with Crippen LogP contribution in [0.2, 0.25) is 0 Å². The maximum absolute atomic E-state index is 12.3. The molecule has 1 aliphatic heterocycles. The third kappa shape index (κ3) is 3.97. The van der Waals surface area contributed by atoms with Gasteiger partial charge in [0.2, 0.25) is 0 Å². The van der Waals surface area contributed by atoms with E-state index in [0.717, 1.165) is 12.8 Å². The van der Waals surface area contributed by atoms with Crippen LogP contribution in [0.25, 0.3) is 0 Å². The smallest absolute Gasteiger partial charge is 0.387 e. The van der Waals surface area contributed by atoms with Crippen LogP contribution >= 0.6 is 0 Å². The number of hydrogen-bond acceptors (Lipinski definition) is 3. The molecule has 0 amide bonds. The van der Waals surface area contributed by atoms with E-state index in [1.54, 1.807) is 0 Å². The zero-order valence-electron chi connectivity index (χ0n) is 8.72. The highest BCUT2D eigenvalue weighted by atomic mass is 19.4. The Morgan fingerprint density at radius 2 is 2.25 bits per heavy atom. The van der Waals surface area contributed by atoms with Gasteiger partial charge in [-0.2, -0.15) is 13.2 Å². The van der Waals surface area contributed by atoms with Crippen molar-refractivity contribution in [2.45, 2.75) is 25.1 Å². The molecule has 0 radical (unpaired) electrons. The summed E-state index contributed by atoms with van der Waals surface area (Å²) in [5.74, 6) is -2.94. The molecule has 1 saturated heterocycles. The molecule has 1 aliphatic rings. The lowest BCUT2D eigenvalue weighted by Crippen LogP contribution is -2.39. The molecule has 2 unspecified atom stereocenters. The molecule has 2 atom stereocenters. The Hall–Kier alpha value is -0.820. The minimum absolute atomic E-state index is 0.124. The van der Waals surface area contributed by atoms with Gasteiger partial charge in [-0.1, -0.05) is 0 Å². The first-order valence-corrected chi connectivity index (χ1v) is 5.01. The number of alkyl halides is 3. The lowest BCUT2D eigenvalue weighted by atomic mass is 10.1. The van der Waals surface area contributed by atoms with Crippen molar-refractivity contribution < 1.29 is 22.6 Å². The fourth-order valence-corrected chi connectivity index (χ4v) is 1.45. The fraction of sp³-hybridized carbons (Fsp3) is 0.889. The molecule has 1 fully saturated rings. The summed E-state index contributed by atoms with van der Waals surface area (Å²) in [6.07, 6.45) is -2.94. The molecule has 1 rings (SSSR count). The van der Waals surface area contributed by atoms with E-state index in [2.05, 4.69) is 0 Å². The molecule has 0 aromatic rings. The largest absolute Gasteiger partial charge is 0.400 e. The van der Waals surface area contributed by atoms with Crippen LogP contribution in [-0.2, 0) is 9.47 Å². The predicted molar refractivity (Wildman–Crippen MR) is 51.3 cm³/mol. The van der Waals surface area contributed by atoms with Crippen LogP contribution in [0.3, 0.4) is 0 Å². The van der Waals surface area contributed by atoms with Crippen LogP contribution in [0.1, 0.15) is 12.8 Å². The van der Waals surface area contributed by atoms with Crippen LogP contribution in [0.4, 0.5) is 13.2 Å². The zero-order valence-corrected chi connectivity index (χ0v) is 8.72. The Morgan fingerprint density at radius 3 is 2.69 bits per heavy atom. The van der Waals surface area contributed by atoms with Gasteiger partial charge in [-0.25, -0.2) is 0 Å². The molecular weight excluding hydrogens is 225 g/mol. The Morgan fingerprint density at radius 1 is 1.56 bits per heavy atom. The van der Waals surface area contributed by atoms with Gasteiger partial charge >= 0.3 is 6.18 Å². The minimum atomic E-state index is -4.53. The maximum atomic E-state index is 12.3. The zero-order chi connectivity index (χ0) is 12.2. The highest BCUT2D eigenvalue weighted by Gasteiger charge is 2.42. The number of nitrogens with two attached hydrogens (primary N) is 1. The van der Waals surface area contributed by atoms with Crippen LogP contribution in [0, 0.1) is 11.3 Å². The van der Waals surface area contributed by atoms with Crippen molar-refractivity contribution in [1.29, 1.82) is 5.41 Å². The highest BCUT2D eigenvalue weighted by molar-refractivity contribution is 5.80. The summed E-state index contributed by atoms with van der Waals surface area (Å²) in [5.41, 5.74) is 4.87. The first-order chi connectivity index (χ1) is 7.41. The summed E-state index contributed by atoms with van der Waals surface area (Å²) in [7, 11) is 0. The highest BCUT2D eigenvalue weighted by Crippen LogP contribution is 2.26. The number of ether oxygens (including phenoxy) is 2. The normalized spacial score (nSPS) is 23.3. The maximum Gasteiger partial charge on any atom is 0.400 e. The van der Waals surface area contributed by atoms with Gasteiger partial charge in [0.25, 0.3) is 0 Å². The van der Waals surface area contributed by atoms with Gasteiger partial charge < -0.3 is 15.2 Å². The third-order valence-corrected chi connectivity index (χ3v) is 2.38. The van der Waals surface area contributed by atoms with Crippen LogP contribution in [0.15, 0.2) is 0 Å². The Labute approximate surface area is 91.4 Å². The second-order valence-corrected chi connectivity index (χ2v) is 3.72. The van der Waals surface area contributed by atoms with Crippen LogP contribution in [0.5, 0.6) is 0 Å². The molecule has 16 heavy (non-hydrogen) atoms. The molecule has 94 valence electrons. The molecule has 7 heteroatoms. The first kappa shape index (κ1) is 13.2. The van der Waals surface area contributed by atoms with Gasteiger partial charge in [0.15, 0.2) is 0 Å². The van der Waals surface area contributed by atoms with Gasteiger partial charge in [-0.05, 0) is 12.8 Å². The Bertz CT molecular complexity index is 239.